The van der Waals surface area contributed by atoms with E-state index in [1.54, 1.807) is 0 Å². The standard InChI is InChI=1S/C16H21NO2/c18-15(12-4-1-2-5-12)13-8-7-11-6-3-9-17-16(19)14(11)10-13/h7-8,10,12,15,18H,1-6,9H2,(H,17,19). The zero-order valence-corrected chi connectivity index (χ0v) is 11.2. The minimum absolute atomic E-state index is 0.00738. The van der Waals surface area contributed by atoms with Gasteiger partial charge in [-0.15, -0.1) is 0 Å². The molecule has 2 aliphatic rings. The van der Waals surface area contributed by atoms with Crippen molar-refractivity contribution in [2.75, 3.05) is 6.54 Å². The summed E-state index contributed by atoms with van der Waals surface area (Å²) >= 11 is 0. The van der Waals surface area contributed by atoms with E-state index in [1.165, 1.54) is 12.8 Å². The largest absolute Gasteiger partial charge is 0.388 e. The van der Waals surface area contributed by atoms with Gasteiger partial charge in [0.15, 0.2) is 0 Å². The van der Waals surface area contributed by atoms with E-state index in [0.717, 1.165) is 48.9 Å². The van der Waals surface area contributed by atoms with E-state index in [4.69, 9.17) is 0 Å². The number of hydrogen-bond donors (Lipinski definition) is 2. The number of aliphatic hydroxyl groups excluding tert-OH is 1. The summed E-state index contributed by atoms with van der Waals surface area (Å²) in [4.78, 5) is 12.0. The van der Waals surface area contributed by atoms with Gasteiger partial charge in [-0.05, 0) is 48.8 Å². The number of carbonyl (C=O) groups is 1. The molecule has 1 atom stereocenters. The number of benzene rings is 1. The van der Waals surface area contributed by atoms with Gasteiger partial charge >= 0.3 is 0 Å². The Labute approximate surface area is 114 Å². The number of aliphatic hydroxyl groups is 1. The van der Waals surface area contributed by atoms with Crippen molar-refractivity contribution in [1.29, 1.82) is 0 Å². The third-order valence-corrected chi connectivity index (χ3v) is 4.47. The summed E-state index contributed by atoms with van der Waals surface area (Å²) in [6.45, 7) is 0.744. The first-order valence-electron chi connectivity index (χ1n) is 7.35. The molecule has 0 aromatic heterocycles. The van der Waals surface area contributed by atoms with Gasteiger partial charge in [0, 0.05) is 12.1 Å². The molecule has 1 aromatic rings. The molecule has 1 fully saturated rings. The Hall–Kier alpha value is -1.35. The predicted molar refractivity (Wildman–Crippen MR) is 74.0 cm³/mol. The van der Waals surface area contributed by atoms with Crippen molar-refractivity contribution in [3.8, 4) is 0 Å². The molecule has 0 radical (unpaired) electrons. The van der Waals surface area contributed by atoms with Gasteiger partial charge in [0.05, 0.1) is 6.10 Å². The highest BCUT2D eigenvalue weighted by Crippen LogP contribution is 2.36. The van der Waals surface area contributed by atoms with Crippen LogP contribution in [0.25, 0.3) is 0 Å². The molecule has 0 bridgehead atoms. The van der Waals surface area contributed by atoms with Crippen molar-refractivity contribution in [2.24, 2.45) is 5.92 Å². The van der Waals surface area contributed by atoms with Crippen LogP contribution < -0.4 is 5.32 Å². The Morgan fingerprint density at radius 3 is 2.79 bits per heavy atom. The van der Waals surface area contributed by atoms with Crippen molar-refractivity contribution in [3.63, 3.8) is 0 Å². The average Bonchev–Trinajstić information content (AvgIpc) is 2.90. The van der Waals surface area contributed by atoms with Gasteiger partial charge in [-0.1, -0.05) is 25.0 Å². The smallest absolute Gasteiger partial charge is 0.251 e. The molecule has 1 aromatic carbocycles. The van der Waals surface area contributed by atoms with Gasteiger partial charge in [0.1, 0.15) is 0 Å². The molecule has 1 unspecified atom stereocenters. The normalized spacial score (nSPS) is 21.6. The summed E-state index contributed by atoms with van der Waals surface area (Å²) in [6.07, 6.45) is 6.15. The highest BCUT2D eigenvalue weighted by molar-refractivity contribution is 5.96. The van der Waals surface area contributed by atoms with E-state index >= 15 is 0 Å². The van der Waals surface area contributed by atoms with Gasteiger partial charge in [0.25, 0.3) is 5.91 Å². The van der Waals surface area contributed by atoms with Crippen LogP contribution in [0, 0.1) is 5.92 Å². The van der Waals surface area contributed by atoms with Gasteiger partial charge < -0.3 is 10.4 Å². The molecule has 102 valence electrons. The fourth-order valence-electron chi connectivity index (χ4n) is 3.33. The van der Waals surface area contributed by atoms with Crippen LogP contribution in [0.4, 0.5) is 0 Å². The Balaban J connectivity index is 1.89. The van der Waals surface area contributed by atoms with Crippen molar-refractivity contribution < 1.29 is 9.90 Å². The third-order valence-electron chi connectivity index (χ3n) is 4.47. The zero-order valence-electron chi connectivity index (χ0n) is 11.2. The molecule has 3 heteroatoms. The molecule has 3 nitrogen and oxygen atoms in total. The van der Waals surface area contributed by atoms with Gasteiger partial charge in [-0.2, -0.15) is 0 Å². The van der Waals surface area contributed by atoms with Crippen LogP contribution in [0.1, 0.15) is 59.7 Å². The van der Waals surface area contributed by atoms with Crippen LogP contribution in [0.15, 0.2) is 18.2 Å². The number of carbonyl (C=O) groups excluding carboxylic acids is 1. The Morgan fingerprint density at radius 1 is 1.21 bits per heavy atom. The van der Waals surface area contributed by atoms with Crippen molar-refractivity contribution in [3.05, 3.63) is 34.9 Å². The number of rotatable bonds is 2. The number of amides is 1. The first-order valence-corrected chi connectivity index (χ1v) is 7.35. The topological polar surface area (TPSA) is 49.3 Å². The van der Waals surface area contributed by atoms with Crippen LogP contribution in [0.5, 0.6) is 0 Å². The Bertz CT molecular complexity index is 478. The summed E-state index contributed by atoms with van der Waals surface area (Å²) in [5, 5.41) is 13.4. The molecule has 1 saturated carbocycles. The Morgan fingerprint density at radius 2 is 2.00 bits per heavy atom. The SMILES string of the molecule is O=C1NCCCc2ccc(C(O)C3CCCC3)cc21. The first kappa shape index (κ1) is 12.7. The van der Waals surface area contributed by atoms with Gasteiger partial charge in [0.2, 0.25) is 0 Å². The van der Waals surface area contributed by atoms with E-state index in [0.29, 0.717) is 5.92 Å². The quantitative estimate of drug-likeness (QED) is 0.857. The predicted octanol–water partition coefficient (Wildman–Crippen LogP) is 2.59. The number of fused-ring (bicyclic) bond motifs is 1. The van der Waals surface area contributed by atoms with E-state index in [9.17, 15) is 9.90 Å². The van der Waals surface area contributed by atoms with Crippen LogP contribution in [-0.2, 0) is 6.42 Å². The summed E-state index contributed by atoms with van der Waals surface area (Å²) in [5.41, 5.74) is 2.77. The lowest BCUT2D eigenvalue weighted by Gasteiger charge is -2.19. The van der Waals surface area contributed by atoms with Gasteiger partial charge in [-0.3, -0.25) is 4.79 Å². The molecule has 19 heavy (non-hydrogen) atoms. The maximum atomic E-state index is 12.0. The number of hydrogen-bond acceptors (Lipinski definition) is 2. The zero-order chi connectivity index (χ0) is 13.2. The second kappa shape index (κ2) is 5.33. The average molecular weight is 259 g/mol. The second-order valence-electron chi connectivity index (χ2n) is 5.77. The minimum Gasteiger partial charge on any atom is -0.388 e. The van der Waals surface area contributed by atoms with E-state index < -0.39 is 6.10 Å². The molecular formula is C16H21NO2. The Kier molecular flexibility index (Phi) is 3.56. The summed E-state index contributed by atoms with van der Waals surface area (Å²) in [6, 6.07) is 5.92. The second-order valence-corrected chi connectivity index (χ2v) is 5.77. The summed E-state index contributed by atoms with van der Waals surface area (Å²) in [5.74, 6) is 0.375. The van der Waals surface area contributed by atoms with Crippen LogP contribution in [0.2, 0.25) is 0 Å². The maximum Gasteiger partial charge on any atom is 0.251 e. The lowest BCUT2D eigenvalue weighted by molar-refractivity contribution is 0.0954. The molecule has 0 spiro atoms. The monoisotopic (exact) mass is 259 g/mol. The molecule has 1 heterocycles. The molecular weight excluding hydrogens is 238 g/mol. The molecule has 3 rings (SSSR count). The highest BCUT2D eigenvalue weighted by Gasteiger charge is 2.25. The lowest BCUT2D eigenvalue weighted by Crippen LogP contribution is -2.23. The highest BCUT2D eigenvalue weighted by atomic mass is 16.3. The molecule has 1 amide bonds. The minimum atomic E-state index is -0.413. The van der Waals surface area contributed by atoms with Crippen LogP contribution in [-0.4, -0.2) is 17.6 Å². The maximum absolute atomic E-state index is 12.0. The van der Waals surface area contributed by atoms with E-state index in [-0.39, 0.29) is 5.91 Å². The van der Waals surface area contributed by atoms with Crippen LogP contribution in [0.3, 0.4) is 0 Å². The van der Waals surface area contributed by atoms with E-state index in [2.05, 4.69) is 5.32 Å². The molecule has 1 aliphatic heterocycles. The lowest BCUT2D eigenvalue weighted by atomic mass is 9.91. The first-order chi connectivity index (χ1) is 9.25. The fraction of sp³-hybridized carbons (Fsp3) is 0.562. The molecule has 0 saturated heterocycles. The van der Waals surface area contributed by atoms with Crippen LogP contribution >= 0.6 is 0 Å². The van der Waals surface area contributed by atoms with Crippen molar-refractivity contribution >= 4 is 5.91 Å². The molecule has 1 aliphatic carbocycles. The third kappa shape index (κ3) is 2.52. The molecule has 2 N–H and O–H groups in total. The summed E-state index contributed by atoms with van der Waals surface area (Å²) < 4.78 is 0. The van der Waals surface area contributed by atoms with Gasteiger partial charge in [-0.25, -0.2) is 0 Å². The number of nitrogens with one attached hydrogen (secondary N) is 1. The van der Waals surface area contributed by atoms with Crippen molar-refractivity contribution in [2.45, 2.75) is 44.6 Å². The van der Waals surface area contributed by atoms with E-state index in [1.807, 2.05) is 18.2 Å². The fourth-order valence-corrected chi connectivity index (χ4v) is 3.33. The van der Waals surface area contributed by atoms with Crippen molar-refractivity contribution in [1.82, 2.24) is 5.32 Å². The summed E-state index contributed by atoms with van der Waals surface area (Å²) in [7, 11) is 0. The number of aryl methyl sites for hydroxylation is 1.